The number of aryl methyl sites for hydroxylation is 3. The van der Waals surface area contributed by atoms with Crippen molar-refractivity contribution < 1.29 is 4.79 Å². The van der Waals surface area contributed by atoms with Gasteiger partial charge in [-0.3, -0.25) is 14.2 Å². The fourth-order valence-electron chi connectivity index (χ4n) is 1.86. The average Bonchev–Trinajstić information content (AvgIpc) is 2.93. The number of nitrogens with zero attached hydrogens (tertiary/aromatic N) is 5. The Morgan fingerprint density at radius 2 is 2.15 bits per heavy atom. The van der Waals surface area contributed by atoms with Gasteiger partial charge in [-0.15, -0.1) is 0 Å². The van der Waals surface area contributed by atoms with Gasteiger partial charge in [-0.25, -0.2) is 0 Å². The van der Waals surface area contributed by atoms with Crippen LogP contribution in [0.15, 0.2) is 16.7 Å². The molecule has 1 amide bonds. The molecule has 0 fully saturated rings. The second-order valence-electron chi connectivity index (χ2n) is 4.74. The monoisotopic (exact) mass is 339 g/mol. The van der Waals surface area contributed by atoms with Crippen molar-refractivity contribution in [2.75, 3.05) is 7.05 Å². The second-order valence-corrected chi connectivity index (χ2v) is 5.59. The number of halogens is 1. The molecule has 0 saturated carbocycles. The molecule has 2 aromatic heterocycles. The third-order valence-electron chi connectivity index (χ3n) is 3.18. The van der Waals surface area contributed by atoms with Crippen molar-refractivity contribution in [2.24, 2.45) is 7.05 Å². The summed E-state index contributed by atoms with van der Waals surface area (Å²) in [5.41, 5.74) is 2.26. The second kappa shape index (κ2) is 5.78. The fourth-order valence-corrected chi connectivity index (χ4v) is 2.30. The van der Waals surface area contributed by atoms with Crippen LogP contribution in [0.25, 0.3) is 0 Å². The zero-order valence-electron chi connectivity index (χ0n) is 12.1. The van der Waals surface area contributed by atoms with Gasteiger partial charge >= 0.3 is 0 Å². The molecule has 2 aromatic rings. The Labute approximate surface area is 126 Å². The lowest BCUT2D eigenvalue weighted by atomic mass is 10.3. The number of aromatic nitrogens is 4. The first-order valence-corrected chi connectivity index (χ1v) is 7.19. The summed E-state index contributed by atoms with van der Waals surface area (Å²) in [4.78, 5) is 13.9. The van der Waals surface area contributed by atoms with Gasteiger partial charge in [0, 0.05) is 32.5 Å². The van der Waals surface area contributed by atoms with Gasteiger partial charge in [0.05, 0.1) is 16.7 Å². The van der Waals surface area contributed by atoms with Crippen LogP contribution in [0.4, 0.5) is 0 Å². The maximum absolute atomic E-state index is 12.3. The first-order valence-electron chi connectivity index (χ1n) is 6.40. The van der Waals surface area contributed by atoms with E-state index in [1.54, 1.807) is 22.7 Å². The molecule has 20 heavy (non-hydrogen) atoms. The summed E-state index contributed by atoms with van der Waals surface area (Å²) < 4.78 is 4.45. The third-order valence-corrected chi connectivity index (χ3v) is 3.84. The summed E-state index contributed by atoms with van der Waals surface area (Å²) in [5, 5.41) is 8.62. The highest BCUT2D eigenvalue weighted by atomic mass is 79.9. The number of rotatable bonds is 4. The van der Waals surface area contributed by atoms with Crippen molar-refractivity contribution in [1.29, 1.82) is 0 Å². The van der Waals surface area contributed by atoms with Crippen molar-refractivity contribution >= 4 is 21.8 Å². The van der Waals surface area contributed by atoms with Gasteiger partial charge in [-0.1, -0.05) is 0 Å². The molecule has 6 nitrogen and oxygen atoms in total. The van der Waals surface area contributed by atoms with Gasteiger partial charge in [-0.05, 0) is 35.8 Å². The number of hydrogen-bond acceptors (Lipinski definition) is 3. The number of carbonyl (C=O) groups is 1. The molecule has 0 radical (unpaired) electrons. The molecule has 0 unspecified atom stereocenters. The molecule has 0 spiro atoms. The molecule has 2 rings (SSSR count). The van der Waals surface area contributed by atoms with Crippen LogP contribution < -0.4 is 0 Å². The van der Waals surface area contributed by atoms with Crippen molar-refractivity contribution in [3.05, 3.63) is 33.8 Å². The van der Waals surface area contributed by atoms with E-state index < -0.39 is 0 Å². The highest BCUT2D eigenvalue weighted by Gasteiger charge is 2.18. The number of amides is 1. The van der Waals surface area contributed by atoms with E-state index in [0.717, 1.165) is 22.4 Å². The van der Waals surface area contributed by atoms with Crippen LogP contribution in [0.5, 0.6) is 0 Å². The summed E-state index contributed by atoms with van der Waals surface area (Å²) in [6.07, 6.45) is 1.92. The highest BCUT2D eigenvalue weighted by Crippen LogP contribution is 2.17. The predicted octanol–water partition coefficient (Wildman–Crippen LogP) is 1.98. The van der Waals surface area contributed by atoms with Crippen LogP contribution in [-0.4, -0.2) is 37.4 Å². The first-order chi connectivity index (χ1) is 9.42. The van der Waals surface area contributed by atoms with Crippen molar-refractivity contribution in [2.45, 2.75) is 26.9 Å². The van der Waals surface area contributed by atoms with Crippen molar-refractivity contribution in [3.63, 3.8) is 0 Å². The van der Waals surface area contributed by atoms with Crippen molar-refractivity contribution in [3.8, 4) is 0 Å². The quantitative estimate of drug-likeness (QED) is 0.855. The predicted molar refractivity (Wildman–Crippen MR) is 79.3 cm³/mol. The largest absolute Gasteiger partial charge is 0.334 e. The third kappa shape index (κ3) is 2.92. The molecule has 108 valence electrons. The van der Waals surface area contributed by atoms with Gasteiger partial charge in [0.25, 0.3) is 5.91 Å². The average molecular weight is 340 g/mol. The molecular weight excluding hydrogens is 322 g/mol. The topological polar surface area (TPSA) is 56.0 Å². The van der Waals surface area contributed by atoms with E-state index in [1.807, 2.05) is 31.8 Å². The van der Waals surface area contributed by atoms with E-state index in [1.165, 1.54) is 0 Å². The van der Waals surface area contributed by atoms with Gasteiger partial charge in [0.2, 0.25) is 0 Å². The summed E-state index contributed by atoms with van der Waals surface area (Å²) in [7, 11) is 3.58. The molecule has 2 heterocycles. The molecule has 0 aliphatic rings. The van der Waals surface area contributed by atoms with Crippen LogP contribution in [0.1, 0.15) is 28.8 Å². The number of carbonyl (C=O) groups excluding carboxylic acids is 1. The van der Waals surface area contributed by atoms with E-state index in [2.05, 4.69) is 26.1 Å². The van der Waals surface area contributed by atoms with E-state index in [0.29, 0.717) is 12.2 Å². The van der Waals surface area contributed by atoms with Gasteiger partial charge in [0.15, 0.2) is 5.69 Å². The van der Waals surface area contributed by atoms with E-state index in [4.69, 9.17) is 0 Å². The Kier molecular flexibility index (Phi) is 4.27. The minimum absolute atomic E-state index is 0.105. The maximum atomic E-state index is 12.3. The van der Waals surface area contributed by atoms with E-state index in [9.17, 15) is 4.79 Å². The smallest absolute Gasteiger partial charge is 0.274 e. The minimum atomic E-state index is -0.105. The SMILES string of the molecule is CCn1cc(Br)c(CN(C)C(=O)c2cc(C)n(C)n2)n1. The van der Waals surface area contributed by atoms with Gasteiger partial charge < -0.3 is 4.90 Å². The molecule has 0 aromatic carbocycles. The summed E-state index contributed by atoms with van der Waals surface area (Å²) >= 11 is 3.47. The Hall–Kier alpha value is -1.63. The lowest BCUT2D eigenvalue weighted by Gasteiger charge is -2.14. The molecule has 0 N–H and O–H groups in total. The van der Waals surface area contributed by atoms with Crippen LogP contribution in [0.3, 0.4) is 0 Å². The van der Waals surface area contributed by atoms with Crippen molar-refractivity contribution in [1.82, 2.24) is 24.5 Å². The molecule has 7 heteroatoms. The molecule has 0 bridgehead atoms. The van der Waals surface area contributed by atoms with Crippen LogP contribution >= 0.6 is 15.9 Å². The summed E-state index contributed by atoms with van der Waals surface area (Å²) in [5.74, 6) is -0.105. The zero-order chi connectivity index (χ0) is 14.9. The minimum Gasteiger partial charge on any atom is -0.334 e. The van der Waals surface area contributed by atoms with Crippen LogP contribution in [0, 0.1) is 6.92 Å². The lowest BCUT2D eigenvalue weighted by molar-refractivity contribution is 0.0776. The summed E-state index contributed by atoms with van der Waals surface area (Å²) in [6.45, 7) is 5.19. The maximum Gasteiger partial charge on any atom is 0.274 e. The molecule has 0 atom stereocenters. The van der Waals surface area contributed by atoms with Gasteiger partial charge in [-0.2, -0.15) is 10.2 Å². The Balaban J connectivity index is 2.12. The summed E-state index contributed by atoms with van der Waals surface area (Å²) in [6, 6.07) is 1.79. The molecular formula is C13H18BrN5O. The lowest BCUT2D eigenvalue weighted by Crippen LogP contribution is -2.27. The fraction of sp³-hybridized carbons (Fsp3) is 0.462. The Morgan fingerprint density at radius 3 is 2.65 bits per heavy atom. The standard InChI is InChI=1S/C13H18BrN5O/c1-5-19-7-10(14)12(16-19)8-17(3)13(20)11-6-9(2)18(4)15-11/h6-7H,5,8H2,1-4H3. The highest BCUT2D eigenvalue weighted by molar-refractivity contribution is 9.10. The number of hydrogen-bond donors (Lipinski definition) is 0. The van der Waals surface area contributed by atoms with E-state index >= 15 is 0 Å². The molecule has 0 aliphatic heterocycles. The Bertz CT molecular complexity index is 611. The molecule has 0 saturated heterocycles. The van der Waals surface area contributed by atoms with Gasteiger partial charge in [0.1, 0.15) is 0 Å². The van der Waals surface area contributed by atoms with E-state index in [-0.39, 0.29) is 5.91 Å². The Morgan fingerprint density at radius 1 is 1.45 bits per heavy atom. The first kappa shape index (κ1) is 14.8. The van der Waals surface area contributed by atoms with Crippen LogP contribution in [-0.2, 0) is 20.1 Å². The molecule has 0 aliphatic carbocycles. The zero-order valence-corrected chi connectivity index (χ0v) is 13.7. The normalized spacial score (nSPS) is 10.8. The van der Waals surface area contributed by atoms with Crippen LogP contribution in [0.2, 0.25) is 0 Å².